The van der Waals surface area contributed by atoms with Crippen LogP contribution < -0.4 is 10.6 Å². The smallest absolute Gasteiger partial charge is 0.0400 e. The summed E-state index contributed by atoms with van der Waals surface area (Å²) >= 11 is 3.60. The van der Waals surface area contributed by atoms with E-state index in [0.29, 0.717) is 5.41 Å². The standard InChI is InChI=1S/C18H27BrN2/c1-14(20)12-15-13-16(19)4-5-17(15)21-10-8-18(9-11-21)6-2-3-7-18/h4-5,13-14H,2-3,6-12,20H2,1H3. The number of halogens is 1. The van der Waals surface area contributed by atoms with Gasteiger partial charge in [0.2, 0.25) is 0 Å². The summed E-state index contributed by atoms with van der Waals surface area (Å²) in [6.07, 6.45) is 9.54. The molecule has 2 fully saturated rings. The number of benzene rings is 1. The third-order valence-electron chi connectivity index (χ3n) is 5.41. The summed E-state index contributed by atoms with van der Waals surface area (Å²) in [6, 6.07) is 6.90. The zero-order valence-corrected chi connectivity index (χ0v) is 14.7. The van der Waals surface area contributed by atoms with Crippen LogP contribution in [0.15, 0.2) is 22.7 Å². The molecule has 0 radical (unpaired) electrons. The maximum atomic E-state index is 6.03. The molecular formula is C18H27BrN2. The van der Waals surface area contributed by atoms with Crippen LogP contribution in [-0.2, 0) is 6.42 Å². The average molecular weight is 351 g/mol. The lowest BCUT2D eigenvalue weighted by atomic mass is 9.77. The second-order valence-electron chi connectivity index (χ2n) is 7.15. The van der Waals surface area contributed by atoms with Crippen LogP contribution in [0.1, 0.15) is 51.0 Å². The fourth-order valence-corrected chi connectivity index (χ4v) is 4.63. The number of hydrogen-bond donors (Lipinski definition) is 1. The molecule has 1 aromatic carbocycles. The van der Waals surface area contributed by atoms with E-state index in [1.54, 1.807) is 0 Å². The monoisotopic (exact) mass is 350 g/mol. The van der Waals surface area contributed by atoms with E-state index in [1.807, 2.05) is 0 Å². The first kappa shape index (κ1) is 15.4. The van der Waals surface area contributed by atoms with Gasteiger partial charge in [-0.05, 0) is 68.2 Å². The number of anilines is 1. The van der Waals surface area contributed by atoms with Gasteiger partial charge >= 0.3 is 0 Å². The normalized spacial score (nSPS) is 22.7. The summed E-state index contributed by atoms with van der Waals surface area (Å²) in [4.78, 5) is 2.59. The minimum absolute atomic E-state index is 0.212. The maximum absolute atomic E-state index is 6.03. The molecule has 1 atom stereocenters. The van der Waals surface area contributed by atoms with E-state index < -0.39 is 0 Å². The lowest BCUT2D eigenvalue weighted by molar-refractivity contribution is 0.226. The van der Waals surface area contributed by atoms with Crippen LogP contribution in [0.2, 0.25) is 0 Å². The Morgan fingerprint density at radius 1 is 1.19 bits per heavy atom. The third-order valence-corrected chi connectivity index (χ3v) is 5.91. The molecular weight excluding hydrogens is 324 g/mol. The molecule has 1 aliphatic heterocycles. The van der Waals surface area contributed by atoms with Gasteiger partial charge in [0.05, 0.1) is 0 Å². The quantitative estimate of drug-likeness (QED) is 0.869. The van der Waals surface area contributed by atoms with Crippen molar-refractivity contribution in [2.75, 3.05) is 18.0 Å². The van der Waals surface area contributed by atoms with Crippen molar-refractivity contribution in [3.63, 3.8) is 0 Å². The summed E-state index contributed by atoms with van der Waals surface area (Å²) in [7, 11) is 0. The van der Waals surface area contributed by atoms with Gasteiger partial charge < -0.3 is 10.6 Å². The molecule has 116 valence electrons. The summed E-state index contributed by atoms with van der Waals surface area (Å²) in [6.45, 7) is 4.52. The summed E-state index contributed by atoms with van der Waals surface area (Å²) < 4.78 is 1.16. The Morgan fingerprint density at radius 2 is 1.86 bits per heavy atom. The Morgan fingerprint density at radius 3 is 2.48 bits per heavy atom. The highest BCUT2D eigenvalue weighted by Crippen LogP contribution is 2.47. The van der Waals surface area contributed by atoms with Crippen LogP contribution in [-0.4, -0.2) is 19.1 Å². The third kappa shape index (κ3) is 3.45. The van der Waals surface area contributed by atoms with Crippen LogP contribution >= 0.6 is 15.9 Å². The fourth-order valence-electron chi connectivity index (χ4n) is 4.22. The minimum Gasteiger partial charge on any atom is -0.371 e. The number of rotatable bonds is 3. The molecule has 1 aliphatic carbocycles. The van der Waals surface area contributed by atoms with Crippen molar-refractivity contribution < 1.29 is 0 Å². The number of nitrogens with two attached hydrogens (primary N) is 1. The van der Waals surface area contributed by atoms with E-state index in [1.165, 1.54) is 62.9 Å². The second kappa shape index (κ2) is 6.29. The van der Waals surface area contributed by atoms with Gasteiger partial charge in [0.1, 0.15) is 0 Å². The first-order chi connectivity index (χ1) is 10.1. The highest BCUT2D eigenvalue weighted by atomic mass is 79.9. The van der Waals surface area contributed by atoms with Gasteiger partial charge in [0.25, 0.3) is 0 Å². The molecule has 0 amide bonds. The number of hydrogen-bond acceptors (Lipinski definition) is 2. The van der Waals surface area contributed by atoms with E-state index in [-0.39, 0.29) is 6.04 Å². The Balaban J connectivity index is 1.75. The molecule has 1 saturated heterocycles. The molecule has 21 heavy (non-hydrogen) atoms. The average Bonchev–Trinajstić information content (AvgIpc) is 2.88. The predicted octanol–water partition coefficient (Wildman–Crippen LogP) is 4.50. The molecule has 2 nitrogen and oxygen atoms in total. The van der Waals surface area contributed by atoms with Crippen LogP contribution in [0.3, 0.4) is 0 Å². The van der Waals surface area contributed by atoms with Gasteiger partial charge in [-0.1, -0.05) is 28.8 Å². The van der Waals surface area contributed by atoms with Crippen LogP contribution in [0.25, 0.3) is 0 Å². The first-order valence-electron chi connectivity index (χ1n) is 8.37. The second-order valence-corrected chi connectivity index (χ2v) is 8.06. The predicted molar refractivity (Wildman–Crippen MR) is 93.8 cm³/mol. The van der Waals surface area contributed by atoms with Crippen molar-refractivity contribution in [1.82, 2.24) is 0 Å². The molecule has 3 rings (SSSR count). The molecule has 2 N–H and O–H groups in total. The lowest BCUT2D eigenvalue weighted by Crippen LogP contribution is -2.39. The van der Waals surface area contributed by atoms with E-state index in [4.69, 9.17) is 5.73 Å². The zero-order chi connectivity index (χ0) is 14.9. The van der Waals surface area contributed by atoms with Crippen LogP contribution in [0, 0.1) is 5.41 Å². The lowest BCUT2D eigenvalue weighted by Gasteiger charge is -2.41. The highest BCUT2D eigenvalue weighted by Gasteiger charge is 2.37. The Hall–Kier alpha value is -0.540. The van der Waals surface area contributed by atoms with E-state index >= 15 is 0 Å². The number of piperidine rings is 1. The molecule has 1 saturated carbocycles. The van der Waals surface area contributed by atoms with Gasteiger partial charge in [0.15, 0.2) is 0 Å². The van der Waals surface area contributed by atoms with Gasteiger partial charge in [-0.3, -0.25) is 0 Å². The van der Waals surface area contributed by atoms with Crippen molar-refractivity contribution in [2.24, 2.45) is 11.1 Å². The molecule has 1 spiro atoms. The summed E-state index contributed by atoms with van der Waals surface area (Å²) in [5.41, 5.74) is 9.52. The molecule has 1 aromatic rings. The van der Waals surface area contributed by atoms with E-state index in [9.17, 15) is 0 Å². The first-order valence-corrected chi connectivity index (χ1v) is 9.16. The Kier molecular flexibility index (Phi) is 4.60. The molecule has 1 heterocycles. The van der Waals surface area contributed by atoms with E-state index in [0.717, 1.165) is 10.9 Å². The van der Waals surface area contributed by atoms with Crippen LogP contribution in [0.4, 0.5) is 5.69 Å². The molecule has 0 aromatic heterocycles. The number of nitrogens with zero attached hydrogens (tertiary/aromatic N) is 1. The van der Waals surface area contributed by atoms with Gasteiger partial charge in [-0.15, -0.1) is 0 Å². The highest BCUT2D eigenvalue weighted by molar-refractivity contribution is 9.10. The Labute approximate surface area is 137 Å². The summed E-state index contributed by atoms with van der Waals surface area (Å²) in [5, 5.41) is 0. The van der Waals surface area contributed by atoms with Crippen molar-refractivity contribution in [3.8, 4) is 0 Å². The van der Waals surface area contributed by atoms with Gasteiger partial charge in [-0.25, -0.2) is 0 Å². The van der Waals surface area contributed by atoms with Gasteiger partial charge in [-0.2, -0.15) is 0 Å². The molecule has 0 bridgehead atoms. The summed E-state index contributed by atoms with van der Waals surface area (Å²) in [5.74, 6) is 0. The van der Waals surface area contributed by atoms with Crippen LogP contribution in [0.5, 0.6) is 0 Å². The molecule has 3 heteroatoms. The van der Waals surface area contributed by atoms with Crippen molar-refractivity contribution in [1.29, 1.82) is 0 Å². The van der Waals surface area contributed by atoms with Crippen molar-refractivity contribution in [3.05, 3.63) is 28.2 Å². The van der Waals surface area contributed by atoms with Crippen molar-refractivity contribution in [2.45, 2.75) is 57.9 Å². The maximum Gasteiger partial charge on any atom is 0.0400 e. The Bertz CT molecular complexity index is 482. The minimum atomic E-state index is 0.212. The molecule has 1 unspecified atom stereocenters. The zero-order valence-electron chi connectivity index (χ0n) is 13.1. The molecule has 2 aliphatic rings. The van der Waals surface area contributed by atoms with Crippen molar-refractivity contribution >= 4 is 21.6 Å². The van der Waals surface area contributed by atoms with Gasteiger partial charge in [0, 0.05) is 29.3 Å². The largest absolute Gasteiger partial charge is 0.371 e. The SMILES string of the molecule is CC(N)Cc1cc(Br)ccc1N1CCC2(CCCC2)CC1. The topological polar surface area (TPSA) is 29.3 Å². The van der Waals surface area contributed by atoms with E-state index in [2.05, 4.69) is 46.0 Å². The fraction of sp³-hybridized carbons (Fsp3) is 0.667.